The first-order chi connectivity index (χ1) is 17.3. The number of rotatable bonds is 0. The summed E-state index contributed by atoms with van der Waals surface area (Å²) in [5.41, 5.74) is 21.4. The van der Waals surface area contributed by atoms with Crippen LogP contribution in [0.4, 0.5) is 17.1 Å². The molecule has 1 aromatic heterocycles. The summed E-state index contributed by atoms with van der Waals surface area (Å²) in [6.07, 6.45) is 8.05. The quantitative estimate of drug-likeness (QED) is 0.240. The maximum Gasteiger partial charge on any atom is 0.0535 e. The zero-order chi connectivity index (χ0) is 22.7. The highest BCUT2D eigenvalue weighted by molar-refractivity contribution is 5.95. The molecule has 0 saturated carbocycles. The lowest BCUT2D eigenvalue weighted by Crippen LogP contribution is -2.25. The predicted octanol–water partition coefficient (Wildman–Crippen LogP) is 7.50. The minimum absolute atomic E-state index is 0.962. The molecule has 0 amide bonds. The van der Waals surface area contributed by atoms with E-state index in [4.69, 9.17) is 0 Å². The van der Waals surface area contributed by atoms with Crippen molar-refractivity contribution in [2.75, 3.05) is 4.90 Å². The molecule has 9 rings (SSSR count). The van der Waals surface area contributed by atoms with Gasteiger partial charge in [-0.1, -0.05) is 48.5 Å². The third kappa shape index (κ3) is 2.27. The Hall–Kier alpha value is -4.17. The molecule has 2 heteroatoms. The number of aromatic nitrogens is 1. The van der Waals surface area contributed by atoms with Crippen molar-refractivity contribution in [1.29, 1.82) is 0 Å². The van der Waals surface area contributed by atoms with E-state index in [9.17, 15) is 0 Å². The normalized spacial score (nSPS) is 14.9. The second kappa shape index (κ2) is 6.28. The molecule has 0 fully saturated rings. The van der Waals surface area contributed by atoms with Gasteiger partial charge in [0.05, 0.1) is 11.4 Å². The molecule has 0 N–H and O–H groups in total. The molecule has 2 aliphatic heterocycles. The highest BCUT2D eigenvalue weighted by atomic mass is 15.2. The van der Waals surface area contributed by atoms with Crippen LogP contribution in [0, 0.1) is 0 Å². The molecule has 3 heterocycles. The predicted molar refractivity (Wildman–Crippen MR) is 141 cm³/mol. The van der Waals surface area contributed by atoms with Crippen LogP contribution in [-0.2, 0) is 25.7 Å². The zero-order valence-corrected chi connectivity index (χ0v) is 19.3. The van der Waals surface area contributed by atoms with Gasteiger partial charge in [0, 0.05) is 30.9 Å². The van der Waals surface area contributed by atoms with Gasteiger partial charge in [0.1, 0.15) is 0 Å². The summed E-state index contributed by atoms with van der Waals surface area (Å²) < 4.78 is 0. The first kappa shape index (κ1) is 18.2. The Kier molecular flexibility index (Phi) is 3.27. The van der Waals surface area contributed by atoms with Gasteiger partial charge in [-0.25, -0.2) is 0 Å². The van der Waals surface area contributed by atoms with Crippen LogP contribution in [0.25, 0.3) is 22.3 Å². The van der Waals surface area contributed by atoms with E-state index in [0.29, 0.717) is 0 Å². The van der Waals surface area contributed by atoms with Gasteiger partial charge in [0.15, 0.2) is 0 Å². The largest absolute Gasteiger partial charge is 0.309 e. The summed E-state index contributed by atoms with van der Waals surface area (Å²) in [4.78, 5) is 7.02. The van der Waals surface area contributed by atoms with Gasteiger partial charge in [-0.05, 0) is 104 Å². The number of benzene rings is 4. The van der Waals surface area contributed by atoms with Crippen LogP contribution in [-0.4, -0.2) is 4.98 Å². The van der Waals surface area contributed by atoms with Gasteiger partial charge in [0.2, 0.25) is 0 Å². The standard InChI is InChI=1S/C33H22N2/c1-3-7-25-19(5-1)11-21-13-22-14-29-28(27(22)17-26(21)25)15-23-12-20-6-2-4-8-31(20)35-32-9-10-34-18-24(32)16-30(29)33(23)35/h1-10,13,15,17-18H,11-12,14,16H2. The van der Waals surface area contributed by atoms with E-state index in [-0.39, 0.29) is 0 Å². The van der Waals surface area contributed by atoms with Gasteiger partial charge in [-0.15, -0.1) is 0 Å². The van der Waals surface area contributed by atoms with Gasteiger partial charge in [-0.2, -0.15) is 0 Å². The molecule has 0 atom stereocenters. The highest BCUT2D eigenvalue weighted by Crippen LogP contribution is 2.55. The van der Waals surface area contributed by atoms with Crippen molar-refractivity contribution in [3.05, 3.63) is 130 Å². The third-order valence-electron chi connectivity index (χ3n) is 8.60. The van der Waals surface area contributed by atoms with Crippen molar-refractivity contribution >= 4 is 17.1 Å². The van der Waals surface area contributed by atoms with Gasteiger partial charge < -0.3 is 4.90 Å². The number of pyridine rings is 1. The van der Waals surface area contributed by atoms with E-state index >= 15 is 0 Å². The van der Waals surface area contributed by atoms with Crippen LogP contribution < -0.4 is 4.90 Å². The van der Waals surface area contributed by atoms with Crippen LogP contribution in [0.15, 0.2) is 85.2 Å². The van der Waals surface area contributed by atoms with Crippen molar-refractivity contribution in [1.82, 2.24) is 4.98 Å². The van der Waals surface area contributed by atoms with E-state index < -0.39 is 0 Å². The van der Waals surface area contributed by atoms with E-state index in [2.05, 4.69) is 88.9 Å². The molecule has 4 aliphatic rings. The fourth-order valence-corrected chi connectivity index (χ4v) is 7.12. The Morgan fingerprint density at radius 1 is 0.514 bits per heavy atom. The second-order valence-corrected chi connectivity index (χ2v) is 10.4. The summed E-state index contributed by atoms with van der Waals surface area (Å²) >= 11 is 0. The topological polar surface area (TPSA) is 16.1 Å². The van der Waals surface area contributed by atoms with Crippen LogP contribution in [0.3, 0.4) is 0 Å². The SMILES string of the molecule is c1ccc2c(c1)Cc1cc3c(cc1-2)-c1cc2c4c(c1C3)Cc1cnccc1N4c1ccccc1C2. The number of hydrogen-bond acceptors (Lipinski definition) is 2. The first-order valence-electron chi connectivity index (χ1n) is 12.6. The van der Waals surface area contributed by atoms with Crippen molar-refractivity contribution < 1.29 is 0 Å². The van der Waals surface area contributed by atoms with Crippen LogP contribution in [0.5, 0.6) is 0 Å². The van der Waals surface area contributed by atoms with Crippen LogP contribution in [0.2, 0.25) is 0 Å². The second-order valence-electron chi connectivity index (χ2n) is 10.4. The summed E-state index contributed by atoms with van der Waals surface area (Å²) in [7, 11) is 0. The fourth-order valence-electron chi connectivity index (χ4n) is 7.12. The average molecular weight is 447 g/mol. The number of fused-ring (bicyclic) bond motifs is 11. The molecule has 0 bridgehead atoms. The molecule has 4 aromatic carbocycles. The number of anilines is 3. The average Bonchev–Trinajstić information content (AvgIpc) is 3.44. The lowest BCUT2D eigenvalue weighted by Gasteiger charge is -2.40. The summed E-state index contributed by atoms with van der Waals surface area (Å²) in [5, 5.41) is 0. The molecule has 0 radical (unpaired) electrons. The maximum absolute atomic E-state index is 4.51. The minimum Gasteiger partial charge on any atom is -0.309 e. The lowest BCUT2D eigenvalue weighted by molar-refractivity contribution is 0.984. The molecule has 35 heavy (non-hydrogen) atoms. The number of para-hydroxylation sites is 1. The van der Waals surface area contributed by atoms with Crippen molar-refractivity contribution in [3.63, 3.8) is 0 Å². The number of hydrogen-bond donors (Lipinski definition) is 0. The van der Waals surface area contributed by atoms with Crippen molar-refractivity contribution in [2.24, 2.45) is 0 Å². The maximum atomic E-state index is 4.51. The third-order valence-corrected chi connectivity index (χ3v) is 8.60. The molecular formula is C33H22N2. The van der Waals surface area contributed by atoms with E-state index in [0.717, 1.165) is 25.7 Å². The van der Waals surface area contributed by atoms with Crippen LogP contribution in [0.1, 0.15) is 44.5 Å². The Bertz CT molecular complexity index is 1750. The summed E-state index contributed by atoms with van der Waals surface area (Å²) in [6, 6.07) is 27.5. The van der Waals surface area contributed by atoms with Gasteiger partial charge >= 0.3 is 0 Å². The Balaban J connectivity index is 1.30. The Morgan fingerprint density at radius 2 is 1.26 bits per heavy atom. The van der Waals surface area contributed by atoms with E-state index in [1.165, 1.54) is 83.8 Å². The molecule has 2 nitrogen and oxygen atoms in total. The minimum atomic E-state index is 0.962. The Labute approximate surface area is 204 Å². The van der Waals surface area contributed by atoms with Crippen LogP contribution >= 0.6 is 0 Å². The monoisotopic (exact) mass is 446 g/mol. The molecular weight excluding hydrogens is 424 g/mol. The summed E-state index contributed by atoms with van der Waals surface area (Å²) in [5.74, 6) is 0. The Morgan fingerprint density at radius 3 is 2.23 bits per heavy atom. The molecule has 0 saturated heterocycles. The van der Waals surface area contributed by atoms with Crippen molar-refractivity contribution in [2.45, 2.75) is 25.7 Å². The van der Waals surface area contributed by atoms with E-state index in [1.54, 1.807) is 0 Å². The highest BCUT2D eigenvalue weighted by Gasteiger charge is 2.36. The number of nitrogens with zero attached hydrogens (tertiary/aromatic N) is 2. The molecule has 0 unspecified atom stereocenters. The molecule has 2 aliphatic carbocycles. The first-order valence-corrected chi connectivity index (χ1v) is 12.6. The van der Waals surface area contributed by atoms with Gasteiger partial charge in [-0.3, -0.25) is 4.98 Å². The fraction of sp³-hybridized carbons (Fsp3) is 0.121. The van der Waals surface area contributed by atoms with Gasteiger partial charge in [0.25, 0.3) is 0 Å². The molecule has 5 aromatic rings. The molecule has 164 valence electrons. The lowest BCUT2D eigenvalue weighted by atomic mass is 9.83. The molecule has 0 spiro atoms. The van der Waals surface area contributed by atoms with Crippen molar-refractivity contribution in [3.8, 4) is 22.3 Å². The van der Waals surface area contributed by atoms with E-state index in [1.807, 2.05) is 6.20 Å². The zero-order valence-electron chi connectivity index (χ0n) is 19.3. The summed E-state index contributed by atoms with van der Waals surface area (Å²) in [6.45, 7) is 0. The smallest absolute Gasteiger partial charge is 0.0535 e.